The SMILES string of the molecule is CC(C)NC(=O)NC(C)c1ncn[nH]1. The smallest absolute Gasteiger partial charge is 0.315 e. The molecule has 0 bridgehead atoms. The Morgan fingerprint density at radius 2 is 2.14 bits per heavy atom. The van der Waals surface area contributed by atoms with Gasteiger partial charge < -0.3 is 10.6 Å². The lowest BCUT2D eigenvalue weighted by Gasteiger charge is -2.13. The van der Waals surface area contributed by atoms with Crippen molar-refractivity contribution in [1.82, 2.24) is 25.8 Å². The topological polar surface area (TPSA) is 82.7 Å². The molecule has 0 radical (unpaired) electrons. The average molecular weight is 197 g/mol. The zero-order valence-electron chi connectivity index (χ0n) is 8.53. The molecule has 1 aromatic heterocycles. The van der Waals surface area contributed by atoms with Crippen LogP contribution in [-0.2, 0) is 0 Å². The standard InChI is InChI=1S/C8H15N5O/c1-5(2)11-8(14)12-6(3)7-9-4-10-13-7/h4-6H,1-3H3,(H,9,10,13)(H2,11,12,14). The number of nitrogens with zero attached hydrogens (tertiary/aromatic N) is 2. The fourth-order valence-electron chi connectivity index (χ4n) is 0.992. The van der Waals surface area contributed by atoms with Gasteiger partial charge in [-0.15, -0.1) is 0 Å². The van der Waals surface area contributed by atoms with Gasteiger partial charge in [0.25, 0.3) is 0 Å². The van der Waals surface area contributed by atoms with Crippen LogP contribution in [0, 0.1) is 0 Å². The highest BCUT2D eigenvalue weighted by atomic mass is 16.2. The van der Waals surface area contributed by atoms with Crippen LogP contribution < -0.4 is 10.6 Å². The molecule has 6 nitrogen and oxygen atoms in total. The summed E-state index contributed by atoms with van der Waals surface area (Å²) >= 11 is 0. The Morgan fingerprint density at radius 1 is 1.43 bits per heavy atom. The molecule has 0 fully saturated rings. The number of hydrogen-bond donors (Lipinski definition) is 3. The first-order valence-corrected chi connectivity index (χ1v) is 4.52. The summed E-state index contributed by atoms with van der Waals surface area (Å²) in [5.41, 5.74) is 0. The maximum atomic E-state index is 11.3. The second kappa shape index (κ2) is 4.59. The van der Waals surface area contributed by atoms with E-state index < -0.39 is 0 Å². The van der Waals surface area contributed by atoms with Crippen LogP contribution in [0.25, 0.3) is 0 Å². The minimum Gasteiger partial charge on any atom is -0.336 e. The summed E-state index contributed by atoms with van der Waals surface area (Å²) in [4.78, 5) is 15.2. The molecule has 1 atom stereocenters. The number of aromatic amines is 1. The summed E-state index contributed by atoms with van der Waals surface area (Å²) in [7, 11) is 0. The van der Waals surface area contributed by atoms with E-state index in [-0.39, 0.29) is 18.1 Å². The largest absolute Gasteiger partial charge is 0.336 e. The third-order valence-electron chi connectivity index (χ3n) is 1.61. The van der Waals surface area contributed by atoms with E-state index in [2.05, 4.69) is 25.8 Å². The number of hydrogen-bond acceptors (Lipinski definition) is 3. The van der Waals surface area contributed by atoms with Gasteiger partial charge in [-0.25, -0.2) is 9.78 Å². The van der Waals surface area contributed by atoms with E-state index in [1.165, 1.54) is 6.33 Å². The summed E-state index contributed by atoms with van der Waals surface area (Å²) in [5.74, 6) is 0.643. The van der Waals surface area contributed by atoms with Crippen LogP contribution in [0.5, 0.6) is 0 Å². The van der Waals surface area contributed by atoms with Gasteiger partial charge in [-0.1, -0.05) is 0 Å². The molecule has 0 saturated heterocycles. The van der Waals surface area contributed by atoms with Gasteiger partial charge in [0.1, 0.15) is 12.2 Å². The molecule has 0 aromatic carbocycles. The summed E-state index contributed by atoms with van der Waals surface area (Å²) < 4.78 is 0. The van der Waals surface area contributed by atoms with E-state index in [0.29, 0.717) is 5.82 Å². The molecule has 6 heteroatoms. The van der Waals surface area contributed by atoms with Gasteiger partial charge in [0.2, 0.25) is 0 Å². The van der Waals surface area contributed by atoms with Crippen molar-refractivity contribution < 1.29 is 4.79 Å². The van der Waals surface area contributed by atoms with E-state index in [4.69, 9.17) is 0 Å². The number of amides is 2. The molecular formula is C8H15N5O. The van der Waals surface area contributed by atoms with Crippen LogP contribution in [-0.4, -0.2) is 27.3 Å². The predicted molar refractivity (Wildman–Crippen MR) is 51.6 cm³/mol. The fourth-order valence-corrected chi connectivity index (χ4v) is 0.992. The molecule has 0 aliphatic heterocycles. The van der Waals surface area contributed by atoms with Crippen molar-refractivity contribution in [2.75, 3.05) is 0 Å². The lowest BCUT2D eigenvalue weighted by Crippen LogP contribution is -2.40. The van der Waals surface area contributed by atoms with Crippen LogP contribution in [0.1, 0.15) is 32.6 Å². The highest BCUT2D eigenvalue weighted by Gasteiger charge is 2.11. The molecule has 1 heterocycles. The second-order valence-corrected chi connectivity index (χ2v) is 3.36. The van der Waals surface area contributed by atoms with E-state index in [0.717, 1.165) is 0 Å². The molecule has 1 rings (SSSR count). The molecule has 2 amide bonds. The van der Waals surface area contributed by atoms with Crippen LogP contribution in [0.4, 0.5) is 4.79 Å². The number of rotatable bonds is 3. The predicted octanol–water partition coefficient (Wildman–Crippen LogP) is 0.573. The van der Waals surface area contributed by atoms with Gasteiger partial charge in [-0.05, 0) is 20.8 Å². The van der Waals surface area contributed by atoms with Crippen LogP contribution >= 0.6 is 0 Å². The minimum atomic E-state index is -0.205. The monoisotopic (exact) mass is 197 g/mol. The van der Waals surface area contributed by atoms with Crippen LogP contribution in [0.2, 0.25) is 0 Å². The first kappa shape index (κ1) is 10.5. The molecule has 0 aliphatic rings. The summed E-state index contributed by atoms with van der Waals surface area (Å²) in [5, 5.41) is 11.8. The maximum Gasteiger partial charge on any atom is 0.315 e. The van der Waals surface area contributed by atoms with Gasteiger partial charge in [0, 0.05) is 6.04 Å². The average Bonchev–Trinajstić information content (AvgIpc) is 2.53. The Labute approximate surface area is 82.5 Å². The molecule has 1 aromatic rings. The number of aromatic nitrogens is 3. The Hall–Kier alpha value is -1.59. The highest BCUT2D eigenvalue weighted by Crippen LogP contribution is 2.02. The molecule has 1 unspecified atom stereocenters. The molecule has 78 valence electrons. The second-order valence-electron chi connectivity index (χ2n) is 3.36. The third-order valence-corrected chi connectivity index (χ3v) is 1.61. The summed E-state index contributed by atoms with van der Waals surface area (Å²) in [6.45, 7) is 5.64. The Morgan fingerprint density at radius 3 is 2.64 bits per heavy atom. The highest BCUT2D eigenvalue weighted by molar-refractivity contribution is 5.74. The number of carbonyl (C=O) groups is 1. The van der Waals surface area contributed by atoms with Crippen molar-refractivity contribution in [3.8, 4) is 0 Å². The first-order chi connectivity index (χ1) is 6.59. The zero-order chi connectivity index (χ0) is 10.6. The van der Waals surface area contributed by atoms with Crippen LogP contribution in [0.3, 0.4) is 0 Å². The van der Waals surface area contributed by atoms with Gasteiger partial charge >= 0.3 is 6.03 Å². The maximum absolute atomic E-state index is 11.3. The third kappa shape index (κ3) is 3.04. The molecule has 3 N–H and O–H groups in total. The quantitative estimate of drug-likeness (QED) is 0.662. The lowest BCUT2D eigenvalue weighted by molar-refractivity contribution is 0.235. The van der Waals surface area contributed by atoms with E-state index in [1.807, 2.05) is 20.8 Å². The molecular weight excluding hydrogens is 182 g/mol. The Kier molecular flexibility index (Phi) is 3.44. The van der Waals surface area contributed by atoms with Crippen molar-refractivity contribution in [3.63, 3.8) is 0 Å². The fraction of sp³-hybridized carbons (Fsp3) is 0.625. The minimum absolute atomic E-state index is 0.122. The first-order valence-electron chi connectivity index (χ1n) is 4.52. The number of nitrogens with one attached hydrogen (secondary N) is 3. The molecule has 0 spiro atoms. The number of urea groups is 1. The van der Waals surface area contributed by atoms with Gasteiger partial charge in [0.15, 0.2) is 0 Å². The molecule has 14 heavy (non-hydrogen) atoms. The van der Waals surface area contributed by atoms with Crippen LogP contribution in [0.15, 0.2) is 6.33 Å². The number of H-pyrrole nitrogens is 1. The molecule has 0 saturated carbocycles. The van der Waals surface area contributed by atoms with E-state index in [9.17, 15) is 4.79 Å². The van der Waals surface area contributed by atoms with Gasteiger partial charge in [-0.3, -0.25) is 5.10 Å². The van der Waals surface area contributed by atoms with Gasteiger partial charge in [0.05, 0.1) is 6.04 Å². The van der Waals surface area contributed by atoms with Crippen molar-refractivity contribution in [2.24, 2.45) is 0 Å². The van der Waals surface area contributed by atoms with Crippen molar-refractivity contribution in [1.29, 1.82) is 0 Å². The van der Waals surface area contributed by atoms with E-state index >= 15 is 0 Å². The van der Waals surface area contributed by atoms with E-state index in [1.54, 1.807) is 0 Å². The Balaban J connectivity index is 2.41. The lowest BCUT2D eigenvalue weighted by atomic mass is 10.3. The van der Waals surface area contributed by atoms with Crippen molar-refractivity contribution in [3.05, 3.63) is 12.2 Å². The zero-order valence-corrected chi connectivity index (χ0v) is 8.53. The normalized spacial score (nSPS) is 12.6. The summed E-state index contributed by atoms with van der Waals surface area (Å²) in [6.07, 6.45) is 1.41. The molecule has 0 aliphatic carbocycles. The Bertz CT molecular complexity index is 282. The van der Waals surface area contributed by atoms with Gasteiger partial charge in [-0.2, -0.15) is 5.10 Å². The van der Waals surface area contributed by atoms with Crippen molar-refractivity contribution >= 4 is 6.03 Å². The van der Waals surface area contributed by atoms with Crippen molar-refractivity contribution in [2.45, 2.75) is 32.9 Å². The number of carbonyl (C=O) groups excluding carboxylic acids is 1. The summed E-state index contributed by atoms with van der Waals surface area (Å²) in [6, 6.07) is -0.253.